The Morgan fingerprint density at radius 3 is 2.30 bits per heavy atom. The summed E-state index contributed by atoms with van der Waals surface area (Å²) < 4.78 is 16.2. The van der Waals surface area contributed by atoms with Crippen molar-refractivity contribution in [2.24, 2.45) is 0 Å². The summed E-state index contributed by atoms with van der Waals surface area (Å²) in [6, 6.07) is 17.0. The maximum absolute atomic E-state index is 13.4. The first-order valence-electron chi connectivity index (χ1n) is 11.4. The van der Waals surface area contributed by atoms with Crippen LogP contribution in [0, 0.1) is 0 Å². The van der Waals surface area contributed by atoms with Crippen LogP contribution in [0.25, 0.3) is 5.76 Å². The van der Waals surface area contributed by atoms with Crippen molar-refractivity contribution in [3.05, 3.63) is 93.5 Å². The highest BCUT2D eigenvalue weighted by Crippen LogP contribution is 2.43. The van der Waals surface area contributed by atoms with Crippen LogP contribution in [0.2, 0.25) is 0 Å². The van der Waals surface area contributed by atoms with E-state index in [1.807, 2.05) is 0 Å². The average Bonchev–Trinajstić information content (AvgIpc) is 3.18. The smallest absolute Gasteiger partial charge is 0.338 e. The molecule has 1 saturated heterocycles. The molecule has 9 heteroatoms. The Morgan fingerprint density at radius 2 is 1.68 bits per heavy atom. The van der Waals surface area contributed by atoms with Gasteiger partial charge in [0.25, 0.3) is 11.7 Å². The van der Waals surface area contributed by atoms with Crippen molar-refractivity contribution in [3.8, 4) is 11.5 Å². The number of methoxy groups -OCH3 is 2. The molecular formula is C28H24BrNO7. The number of aliphatic hydroxyl groups is 1. The third kappa shape index (κ3) is 4.95. The summed E-state index contributed by atoms with van der Waals surface area (Å²) in [5.41, 5.74) is 1.49. The van der Waals surface area contributed by atoms with Gasteiger partial charge in [-0.05, 0) is 83.0 Å². The maximum atomic E-state index is 13.4. The van der Waals surface area contributed by atoms with Crippen LogP contribution in [-0.2, 0) is 14.3 Å². The number of benzene rings is 3. The van der Waals surface area contributed by atoms with Gasteiger partial charge in [0.05, 0.1) is 42.5 Å². The van der Waals surface area contributed by atoms with E-state index in [0.717, 1.165) is 0 Å². The van der Waals surface area contributed by atoms with Gasteiger partial charge in [0, 0.05) is 11.3 Å². The number of nitrogens with zero attached hydrogens (tertiary/aromatic N) is 1. The van der Waals surface area contributed by atoms with Gasteiger partial charge >= 0.3 is 5.97 Å². The number of anilines is 1. The summed E-state index contributed by atoms with van der Waals surface area (Å²) in [7, 11) is 3.03. The number of Topliss-reactive ketones (excluding diaryl/α,β-unsaturated/α-hetero) is 1. The SMILES string of the molecule is CCOC(=O)c1ccc(N2C(=O)C(=O)/C(=C(\O)c3ccc(OC)c(Br)c3)C2c2cccc(OC)c2)cc1. The highest BCUT2D eigenvalue weighted by molar-refractivity contribution is 9.10. The van der Waals surface area contributed by atoms with Crippen LogP contribution in [0.1, 0.15) is 34.5 Å². The van der Waals surface area contributed by atoms with Crippen LogP contribution in [0.15, 0.2) is 76.8 Å². The molecule has 1 aliphatic heterocycles. The van der Waals surface area contributed by atoms with E-state index in [-0.39, 0.29) is 17.9 Å². The quantitative estimate of drug-likeness (QED) is 0.180. The van der Waals surface area contributed by atoms with Crippen LogP contribution < -0.4 is 14.4 Å². The van der Waals surface area contributed by atoms with Crippen LogP contribution >= 0.6 is 15.9 Å². The first kappa shape index (κ1) is 26.0. The molecule has 1 heterocycles. The minimum atomic E-state index is -0.954. The van der Waals surface area contributed by atoms with Crippen molar-refractivity contribution in [2.45, 2.75) is 13.0 Å². The second-order valence-electron chi connectivity index (χ2n) is 8.06. The molecule has 8 nitrogen and oxygen atoms in total. The Hall–Kier alpha value is -4.11. The van der Waals surface area contributed by atoms with Crippen LogP contribution in [-0.4, -0.2) is 43.6 Å². The van der Waals surface area contributed by atoms with E-state index >= 15 is 0 Å². The Labute approximate surface area is 222 Å². The molecule has 3 aromatic carbocycles. The second-order valence-corrected chi connectivity index (χ2v) is 8.92. The molecular weight excluding hydrogens is 542 g/mol. The number of ketones is 1. The summed E-state index contributed by atoms with van der Waals surface area (Å²) in [6.45, 7) is 1.94. The summed E-state index contributed by atoms with van der Waals surface area (Å²) >= 11 is 3.39. The van der Waals surface area contributed by atoms with Gasteiger partial charge in [0.2, 0.25) is 0 Å². The Morgan fingerprint density at radius 1 is 0.973 bits per heavy atom. The minimum Gasteiger partial charge on any atom is -0.507 e. The van der Waals surface area contributed by atoms with Crippen molar-refractivity contribution in [3.63, 3.8) is 0 Å². The molecule has 0 spiro atoms. The van der Waals surface area contributed by atoms with E-state index in [1.165, 1.54) is 31.3 Å². The molecule has 37 heavy (non-hydrogen) atoms. The predicted octanol–water partition coefficient (Wildman–Crippen LogP) is 5.27. The number of hydrogen-bond acceptors (Lipinski definition) is 7. The fourth-order valence-electron chi connectivity index (χ4n) is 4.17. The van der Waals surface area contributed by atoms with Crippen molar-refractivity contribution in [1.82, 2.24) is 0 Å². The number of esters is 1. The Balaban J connectivity index is 1.88. The summed E-state index contributed by atoms with van der Waals surface area (Å²) in [6.07, 6.45) is 0. The van der Waals surface area contributed by atoms with E-state index in [2.05, 4.69) is 15.9 Å². The lowest BCUT2D eigenvalue weighted by Crippen LogP contribution is -2.29. The molecule has 190 valence electrons. The molecule has 0 aliphatic carbocycles. The van der Waals surface area contributed by atoms with Gasteiger partial charge in [-0.25, -0.2) is 4.79 Å². The van der Waals surface area contributed by atoms with Gasteiger partial charge < -0.3 is 19.3 Å². The molecule has 1 N–H and O–H groups in total. The average molecular weight is 566 g/mol. The number of carbonyl (C=O) groups excluding carboxylic acids is 3. The van der Waals surface area contributed by atoms with E-state index in [0.29, 0.717) is 38.3 Å². The lowest BCUT2D eigenvalue weighted by Gasteiger charge is -2.26. The van der Waals surface area contributed by atoms with Crippen LogP contribution in [0.4, 0.5) is 5.69 Å². The third-order valence-corrected chi connectivity index (χ3v) is 6.56. The van der Waals surface area contributed by atoms with Crippen LogP contribution in [0.3, 0.4) is 0 Å². The molecule has 3 aromatic rings. The number of ether oxygens (including phenoxy) is 3. The molecule has 0 bridgehead atoms. The molecule has 0 radical (unpaired) electrons. The second kappa shape index (κ2) is 10.9. The van der Waals surface area contributed by atoms with Gasteiger partial charge in [0.15, 0.2) is 0 Å². The molecule has 1 atom stereocenters. The topological polar surface area (TPSA) is 102 Å². The summed E-state index contributed by atoms with van der Waals surface area (Å²) in [4.78, 5) is 40.1. The first-order chi connectivity index (χ1) is 17.8. The molecule has 1 aliphatic rings. The summed E-state index contributed by atoms with van der Waals surface area (Å²) in [5.74, 6) is -1.42. The highest BCUT2D eigenvalue weighted by atomic mass is 79.9. The molecule has 1 fully saturated rings. The Bertz CT molecular complexity index is 1400. The van der Waals surface area contributed by atoms with Gasteiger partial charge in [0.1, 0.15) is 17.3 Å². The summed E-state index contributed by atoms with van der Waals surface area (Å²) in [5, 5.41) is 11.3. The van der Waals surface area contributed by atoms with E-state index in [1.54, 1.807) is 61.5 Å². The number of hydrogen-bond donors (Lipinski definition) is 1. The van der Waals surface area contributed by atoms with Crippen LogP contribution in [0.5, 0.6) is 11.5 Å². The predicted molar refractivity (Wildman–Crippen MR) is 141 cm³/mol. The molecule has 4 rings (SSSR count). The van der Waals surface area contributed by atoms with Gasteiger partial charge in [-0.3, -0.25) is 14.5 Å². The fraction of sp³-hybridized carbons (Fsp3) is 0.179. The number of aliphatic hydroxyl groups excluding tert-OH is 1. The zero-order valence-electron chi connectivity index (χ0n) is 20.4. The van der Waals surface area contributed by atoms with E-state index < -0.39 is 23.7 Å². The van der Waals surface area contributed by atoms with E-state index in [9.17, 15) is 19.5 Å². The number of rotatable bonds is 7. The number of amides is 1. The lowest BCUT2D eigenvalue weighted by molar-refractivity contribution is -0.132. The molecule has 0 saturated carbocycles. The van der Waals surface area contributed by atoms with Gasteiger partial charge in [-0.1, -0.05) is 12.1 Å². The third-order valence-electron chi connectivity index (χ3n) is 5.94. The normalized spacial score (nSPS) is 16.5. The lowest BCUT2D eigenvalue weighted by atomic mass is 9.95. The first-order valence-corrected chi connectivity index (χ1v) is 12.2. The van der Waals surface area contributed by atoms with E-state index in [4.69, 9.17) is 14.2 Å². The van der Waals surface area contributed by atoms with Gasteiger partial charge in [-0.2, -0.15) is 0 Å². The van der Waals surface area contributed by atoms with Crippen molar-refractivity contribution in [1.29, 1.82) is 0 Å². The zero-order valence-corrected chi connectivity index (χ0v) is 21.9. The molecule has 0 aromatic heterocycles. The van der Waals surface area contributed by atoms with Crippen molar-refractivity contribution in [2.75, 3.05) is 25.7 Å². The Kier molecular flexibility index (Phi) is 7.63. The van der Waals surface area contributed by atoms with Gasteiger partial charge in [-0.15, -0.1) is 0 Å². The standard InChI is InChI=1S/C28H24BrNO7/c1-4-37-28(34)16-8-11-19(12-9-16)30-24(17-6-5-7-20(14-17)35-2)23(26(32)27(30)33)25(31)18-10-13-22(36-3)21(29)15-18/h5-15,24,31H,4H2,1-3H3/b25-23-. The number of carbonyl (C=O) groups is 3. The largest absolute Gasteiger partial charge is 0.507 e. The fourth-order valence-corrected chi connectivity index (χ4v) is 4.71. The monoisotopic (exact) mass is 565 g/mol. The zero-order chi connectivity index (χ0) is 26.7. The molecule has 1 unspecified atom stereocenters. The molecule has 1 amide bonds. The number of halogens is 1. The maximum Gasteiger partial charge on any atom is 0.338 e. The highest BCUT2D eigenvalue weighted by Gasteiger charge is 2.47. The van der Waals surface area contributed by atoms with Crippen molar-refractivity contribution < 1.29 is 33.7 Å². The van der Waals surface area contributed by atoms with Crippen molar-refractivity contribution >= 4 is 45.0 Å². The minimum absolute atomic E-state index is 0.0789.